The Bertz CT molecular complexity index is 508. The molecular formula is C10H14N6O6. The summed E-state index contributed by atoms with van der Waals surface area (Å²) in [6.45, 7) is 0.163. The minimum Gasteiger partial charge on any atom is -0.366 e. The minimum atomic E-state index is -1.19. The van der Waals surface area contributed by atoms with Gasteiger partial charge in [0.2, 0.25) is 0 Å². The van der Waals surface area contributed by atoms with Crippen LogP contribution in [0, 0.1) is 0 Å². The van der Waals surface area contributed by atoms with Gasteiger partial charge in [-0.05, 0) is 11.1 Å². The van der Waals surface area contributed by atoms with Crippen LogP contribution >= 0.6 is 0 Å². The molecule has 7 unspecified atom stereocenters. The Morgan fingerprint density at radius 3 is 2.27 bits per heavy atom. The van der Waals surface area contributed by atoms with Gasteiger partial charge in [-0.25, -0.2) is 0 Å². The summed E-state index contributed by atoms with van der Waals surface area (Å²) in [5.41, 5.74) is 16.7. The summed E-state index contributed by atoms with van der Waals surface area (Å²) in [5, 5.41) is 16.7. The smallest absolute Gasteiger partial charge is 0.184 e. The number of nitrogens with zero attached hydrogens (tertiary/aromatic N) is 6. The number of hydrogen-bond donors (Lipinski definition) is 1. The van der Waals surface area contributed by atoms with Crippen LogP contribution in [0.3, 0.4) is 0 Å². The normalized spacial score (nSPS) is 43.4. The van der Waals surface area contributed by atoms with Gasteiger partial charge in [0.05, 0.1) is 19.7 Å². The first kappa shape index (κ1) is 15.3. The van der Waals surface area contributed by atoms with Crippen molar-refractivity contribution in [3.63, 3.8) is 0 Å². The van der Waals surface area contributed by atoms with Crippen LogP contribution in [0.25, 0.3) is 20.9 Å². The molecule has 12 heteroatoms. The van der Waals surface area contributed by atoms with Crippen molar-refractivity contribution in [2.24, 2.45) is 10.2 Å². The maximum Gasteiger partial charge on any atom is 0.184 e. The molecule has 22 heavy (non-hydrogen) atoms. The Morgan fingerprint density at radius 2 is 1.55 bits per heavy atom. The zero-order valence-corrected chi connectivity index (χ0v) is 11.3. The topological polar surface area (TPSA) is 164 Å². The average Bonchev–Trinajstić information content (AvgIpc) is 2.96. The first-order valence-electron chi connectivity index (χ1n) is 6.66. The van der Waals surface area contributed by atoms with Crippen LogP contribution in [-0.4, -0.2) is 68.1 Å². The highest BCUT2D eigenvalue weighted by atomic mass is 16.8. The van der Waals surface area contributed by atoms with Gasteiger partial charge in [0.1, 0.15) is 24.4 Å². The molecule has 3 heterocycles. The van der Waals surface area contributed by atoms with Gasteiger partial charge in [-0.1, -0.05) is 10.2 Å². The quantitative estimate of drug-likeness (QED) is 0.441. The number of aliphatic hydroxyl groups is 1. The summed E-state index contributed by atoms with van der Waals surface area (Å²) >= 11 is 0. The minimum absolute atomic E-state index is 0.0165. The van der Waals surface area contributed by atoms with Crippen LogP contribution in [0.2, 0.25) is 0 Å². The number of fused-ring (bicyclic) bond motifs is 3. The fourth-order valence-corrected chi connectivity index (χ4v) is 2.68. The Labute approximate surface area is 124 Å². The molecule has 3 saturated heterocycles. The molecule has 7 atom stereocenters. The standard InChI is InChI=1S/C10H14N6O6/c11-15-13-1-5-18-3-4-7(20-5)8-9(10(17)19-4)22-6(21-8)2-14-16-12/h4-10,17H,1-3H2. The van der Waals surface area contributed by atoms with E-state index in [4.69, 9.17) is 34.7 Å². The molecule has 3 aliphatic rings. The van der Waals surface area contributed by atoms with E-state index in [1.54, 1.807) is 0 Å². The zero-order valence-electron chi connectivity index (χ0n) is 11.3. The summed E-state index contributed by atoms with van der Waals surface area (Å²) in [4.78, 5) is 5.29. The zero-order chi connectivity index (χ0) is 15.5. The second-order valence-electron chi connectivity index (χ2n) is 4.89. The van der Waals surface area contributed by atoms with Crippen molar-refractivity contribution in [1.82, 2.24) is 0 Å². The third-order valence-electron chi connectivity index (χ3n) is 3.57. The number of azide groups is 2. The van der Waals surface area contributed by atoms with E-state index in [2.05, 4.69) is 20.1 Å². The van der Waals surface area contributed by atoms with E-state index in [0.29, 0.717) is 0 Å². The van der Waals surface area contributed by atoms with Crippen molar-refractivity contribution in [2.75, 3.05) is 19.7 Å². The summed E-state index contributed by atoms with van der Waals surface area (Å²) in [6, 6.07) is 0. The van der Waals surface area contributed by atoms with Crippen molar-refractivity contribution in [3.8, 4) is 0 Å². The monoisotopic (exact) mass is 314 g/mol. The molecule has 0 aromatic rings. The van der Waals surface area contributed by atoms with Crippen molar-refractivity contribution < 1.29 is 28.8 Å². The molecule has 0 spiro atoms. The maximum atomic E-state index is 9.96. The molecule has 0 radical (unpaired) electrons. The molecule has 1 N–H and O–H groups in total. The van der Waals surface area contributed by atoms with E-state index in [0.717, 1.165) is 0 Å². The first-order valence-corrected chi connectivity index (χ1v) is 6.66. The third kappa shape index (κ3) is 2.95. The third-order valence-corrected chi connectivity index (χ3v) is 3.57. The fraction of sp³-hybridized carbons (Fsp3) is 1.00. The van der Waals surface area contributed by atoms with E-state index in [1.165, 1.54) is 0 Å². The van der Waals surface area contributed by atoms with Gasteiger partial charge in [-0.3, -0.25) is 0 Å². The number of aliphatic hydroxyl groups excluding tert-OH is 1. The van der Waals surface area contributed by atoms with Crippen molar-refractivity contribution in [3.05, 3.63) is 20.9 Å². The van der Waals surface area contributed by atoms with Crippen LogP contribution in [0.1, 0.15) is 0 Å². The van der Waals surface area contributed by atoms with Gasteiger partial charge in [-0.15, -0.1) is 0 Å². The predicted molar refractivity (Wildman–Crippen MR) is 67.1 cm³/mol. The van der Waals surface area contributed by atoms with Crippen LogP contribution in [0.5, 0.6) is 0 Å². The lowest BCUT2D eigenvalue weighted by Gasteiger charge is -2.44. The van der Waals surface area contributed by atoms with E-state index >= 15 is 0 Å². The second kappa shape index (κ2) is 6.65. The van der Waals surface area contributed by atoms with Gasteiger partial charge >= 0.3 is 0 Å². The molecule has 0 aromatic carbocycles. The molecule has 3 aliphatic heterocycles. The van der Waals surface area contributed by atoms with Crippen molar-refractivity contribution in [2.45, 2.75) is 43.3 Å². The first-order chi connectivity index (χ1) is 10.7. The number of ether oxygens (including phenoxy) is 5. The molecular weight excluding hydrogens is 300 g/mol. The molecule has 3 fully saturated rings. The molecule has 12 nitrogen and oxygen atoms in total. The van der Waals surface area contributed by atoms with Crippen LogP contribution in [0.4, 0.5) is 0 Å². The molecule has 0 amide bonds. The van der Waals surface area contributed by atoms with Gasteiger partial charge < -0.3 is 28.8 Å². The summed E-state index contributed by atoms with van der Waals surface area (Å²) in [6.07, 6.45) is -5.09. The molecule has 120 valence electrons. The summed E-state index contributed by atoms with van der Waals surface area (Å²) in [7, 11) is 0. The maximum absolute atomic E-state index is 9.96. The van der Waals surface area contributed by atoms with E-state index in [1.807, 2.05) is 0 Å². The molecule has 0 aliphatic carbocycles. The van der Waals surface area contributed by atoms with Crippen molar-refractivity contribution in [1.29, 1.82) is 0 Å². The largest absolute Gasteiger partial charge is 0.366 e. The van der Waals surface area contributed by atoms with Crippen LogP contribution < -0.4 is 0 Å². The lowest BCUT2D eigenvalue weighted by atomic mass is 9.98. The summed E-state index contributed by atoms with van der Waals surface area (Å²) < 4.78 is 27.6. The van der Waals surface area contributed by atoms with Crippen molar-refractivity contribution >= 4 is 0 Å². The Balaban J connectivity index is 1.69. The lowest BCUT2D eigenvalue weighted by Crippen LogP contribution is -2.62. The van der Waals surface area contributed by atoms with Gasteiger partial charge in [0.15, 0.2) is 18.9 Å². The highest BCUT2D eigenvalue weighted by molar-refractivity contribution is 4.96. The average molecular weight is 314 g/mol. The Kier molecular flexibility index (Phi) is 4.62. The lowest BCUT2D eigenvalue weighted by molar-refractivity contribution is -0.334. The highest BCUT2D eigenvalue weighted by Crippen LogP contribution is 2.36. The van der Waals surface area contributed by atoms with E-state index in [-0.39, 0.29) is 19.7 Å². The number of hydrogen-bond acceptors (Lipinski definition) is 8. The fourth-order valence-electron chi connectivity index (χ4n) is 2.68. The van der Waals surface area contributed by atoms with E-state index < -0.39 is 43.3 Å². The van der Waals surface area contributed by atoms with Gasteiger partial charge in [0, 0.05) is 9.82 Å². The molecule has 0 aromatic heterocycles. The SMILES string of the molecule is [N-]=[N+]=NCC1OCC2OC(O)C3OC(CN=[N+]=[N-])OC3C2O1. The molecule has 3 rings (SSSR count). The Morgan fingerprint density at radius 1 is 0.909 bits per heavy atom. The Hall–Kier alpha value is -1.62. The predicted octanol–water partition coefficient (Wildman–Crippen LogP) is 0.176. The van der Waals surface area contributed by atoms with Gasteiger partial charge in [0.25, 0.3) is 0 Å². The van der Waals surface area contributed by atoms with Crippen LogP contribution in [-0.2, 0) is 23.7 Å². The molecule has 0 bridgehead atoms. The number of rotatable bonds is 4. The van der Waals surface area contributed by atoms with Gasteiger partial charge in [-0.2, -0.15) is 0 Å². The van der Waals surface area contributed by atoms with Crippen LogP contribution in [0.15, 0.2) is 10.2 Å². The van der Waals surface area contributed by atoms with E-state index in [9.17, 15) is 5.11 Å². The second-order valence-corrected chi connectivity index (χ2v) is 4.89. The highest BCUT2D eigenvalue weighted by Gasteiger charge is 2.55. The molecule has 0 saturated carbocycles. The summed E-state index contributed by atoms with van der Waals surface area (Å²) in [5.74, 6) is 0.